The number of aromatic nitrogens is 1. The van der Waals surface area contributed by atoms with Crippen LogP contribution in [0, 0.1) is 18.3 Å². The largest absolute Gasteiger partial charge is 0.352 e. The summed E-state index contributed by atoms with van der Waals surface area (Å²) < 4.78 is 0. The van der Waals surface area contributed by atoms with Gasteiger partial charge >= 0.3 is 0 Å². The molecular formula is C12H10N2. The Morgan fingerprint density at radius 2 is 1.93 bits per heavy atom. The van der Waals surface area contributed by atoms with Gasteiger partial charge in [-0.3, -0.25) is 0 Å². The lowest BCUT2D eigenvalue weighted by Crippen LogP contribution is -1.79. The van der Waals surface area contributed by atoms with Gasteiger partial charge in [-0.15, -0.1) is 0 Å². The summed E-state index contributed by atoms with van der Waals surface area (Å²) in [7, 11) is 0. The van der Waals surface area contributed by atoms with Crippen LogP contribution in [0.4, 0.5) is 0 Å². The van der Waals surface area contributed by atoms with Crippen molar-refractivity contribution in [1.29, 1.82) is 5.26 Å². The molecule has 2 rings (SSSR count). The fourth-order valence-electron chi connectivity index (χ4n) is 1.53. The van der Waals surface area contributed by atoms with E-state index < -0.39 is 0 Å². The Bertz CT molecular complexity index is 475. The highest BCUT2D eigenvalue weighted by Crippen LogP contribution is 2.24. The van der Waals surface area contributed by atoms with Crippen LogP contribution in [0.25, 0.3) is 11.1 Å². The van der Waals surface area contributed by atoms with Crippen LogP contribution in [-0.4, -0.2) is 4.98 Å². The SMILES string of the molecule is Cc1c(-c2ccccc2)c[nH]c1C#N. The Labute approximate surface area is 82.8 Å². The van der Waals surface area contributed by atoms with E-state index in [-0.39, 0.29) is 0 Å². The van der Waals surface area contributed by atoms with Gasteiger partial charge in [0.2, 0.25) is 0 Å². The van der Waals surface area contributed by atoms with Crippen molar-refractivity contribution in [3.63, 3.8) is 0 Å². The van der Waals surface area contributed by atoms with Crippen molar-refractivity contribution in [2.45, 2.75) is 6.92 Å². The van der Waals surface area contributed by atoms with E-state index in [1.54, 1.807) is 0 Å². The third-order valence-corrected chi connectivity index (χ3v) is 2.34. The smallest absolute Gasteiger partial charge is 0.121 e. The molecule has 0 spiro atoms. The summed E-state index contributed by atoms with van der Waals surface area (Å²) in [6, 6.07) is 12.2. The lowest BCUT2D eigenvalue weighted by atomic mass is 10.0. The van der Waals surface area contributed by atoms with Crippen molar-refractivity contribution < 1.29 is 0 Å². The van der Waals surface area contributed by atoms with Gasteiger partial charge < -0.3 is 4.98 Å². The molecular weight excluding hydrogens is 172 g/mol. The van der Waals surface area contributed by atoms with Gasteiger partial charge in [-0.1, -0.05) is 30.3 Å². The fourth-order valence-corrected chi connectivity index (χ4v) is 1.53. The lowest BCUT2D eigenvalue weighted by molar-refractivity contribution is 1.30. The molecule has 0 amide bonds. The van der Waals surface area contributed by atoms with E-state index in [9.17, 15) is 0 Å². The Hall–Kier alpha value is -2.01. The quantitative estimate of drug-likeness (QED) is 0.723. The molecule has 14 heavy (non-hydrogen) atoms. The molecule has 1 N–H and O–H groups in total. The van der Waals surface area contributed by atoms with E-state index >= 15 is 0 Å². The Morgan fingerprint density at radius 3 is 2.50 bits per heavy atom. The molecule has 0 aliphatic heterocycles. The first kappa shape index (κ1) is 8.58. The maximum absolute atomic E-state index is 8.80. The van der Waals surface area contributed by atoms with Crippen LogP contribution in [0.15, 0.2) is 36.5 Å². The molecule has 2 nitrogen and oxygen atoms in total. The maximum Gasteiger partial charge on any atom is 0.121 e. The van der Waals surface area contributed by atoms with Crippen LogP contribution in [0.3, 0.4) is 0 Å². The lowest BCUT2D eigenvalue weighted by Gasteiger charge is -1.98. The molecule has 0 bridgehead atoms. The van der Waals surface area contributed by atoms with Gasteiger partial charge in [-0.2, -0.15) is 5.26 Å². The van der Waals surface area contributed by atoms with Crippen molar-refractivity contribution in [3.05, 3.63) is 47.8 Å². The van der Waals surface area contributed by atoms with Crippen LogP contribution in [0.5, 0.6) is 0 Å². The van der Waals surface area contributed by atoms with Gasteiger partial charge in [0.25, 0.3) is 0 Å². The molecule has 0 unspecified atom stereocenters. The molecule has 0 aliphatic rings. The summed E-state index contributed by atoms with van der Waals surface area (Å²) in [6.45, 7) is 1.96. The van der Waals surface area contributed by atoms with Gasteiger partial charge in [0.1, 0.15) is 11.8 Å². The first-order chi connectivity index (χ1) is 6.83. The van der Waals surface area contributed by atoms with Crippen molar-refractivity contribution in [1.82, 2.24) is 4.98 Å². The molecule has 0 aliphatic carbocycles. The minimum atomic E-state index is 0.642. The van der Waals surface area contributed by atoms with E-state index in [4.69, 9.17) is 5.26 Å². The van der Waals surface area contributed by atoms with Crippen LogP contribution in [0.1, 0.15) is 11.3 Å². The minimum absolute atomic E-state index is 0.642. The number of rotatable bonds is 1. The standard InChI is InChI=1S/C12H10N2/c1-9-11(8-14-12(9)7-13)10-5-3-2-4-6-10/h2-6,8,14H,1H3. The number of hydrogen-bond acceptors (Lipinski definition) is 1. The van der Waals surface area contributed by atoms with Crippen LogP contribution in [0.2, 0.25) is 0 Å². The third-order valence-electron chi connectivity index (χ3n) is 2.34. The van der Waals surface area contributed by atoms with Crippen LogP contribution < -0.4 is 0 Å². The second kappa shape index (κ2) is 3.39. The number of H-pyrrole nitrogens is 1. The highest BCUT2D eigenvalue weighted by Gasteiger charge is 2.06. The Morgan fingerprint density at radius 1 is 1.21 bits per heavy atom. The predicted octanol–water partition coefficient (Wildman–Crippen LogP) is 2.86. The molecule has 68 valence electrons. The zero-order chi connectivity index (χ0) is 9.97. The maximum atomic E-state index is 8.80. The zero-order valence-electron chi connectivity index (χ0n) is 7.91. The summed E-state index contributed by atoms with van der Waals surface area (Å²) in [5.41, 5.74) is 3.90. The number of nitriles is 1. The molecule has 1 aromatic carbocycles. The minimum Gasteiger partial charge on any atom is -0.352 e. The van der Waals surface area contributed by atoms with Crippen molar-refractivity contribution >= 4 is 0 Å². The molecule has 1 heterocycles. The van der Waals surface area contributed by atoms with E-state index in [1.165, 1.54) is 0 Å². The summed E-state index contributed by atoms with van der Waals surface area (Å²) in [5.74, 6) is 0. The number of benzene rings is 1. The van der Waals surface area contributed by atoms with Gasteiger partial charge in [0.15, 0.2) is 0 Å². The normalized spacial score (nSPS) is 9.71. The van der Waals surface area contributed by atoms with Gasteiger partial charge in [0, 0.05) is 11.8 Å². The first-order valence-electron chi connectivity index (χ1n) is 4.46. The van der Waals surface area contributed by atoms with Crippen LogP contribution >= 0.6 is 0 Å². The first-order valence-corrected chi connectivity index (χ1v) is 4.46. The fraction of sp³-hybridized carbons (Fsp3) is 0.0833. The molecule has 0 atom stereocenters. The van der Waals surface area contributed by atoms with Crippen molar-refractivity contribution in [2.24, 2.45) is 0 Å². The summed E-state index contributed by atoms with van der Waals surface area (Å²) >= 11 is 0. The van der Waals surface area contributed by atoms with E-state index in [1.807, 2.05) is 43.5 Å². The van der Waals surface area contributed by atoms with Gasteiger partial charge in [0.05, 0.1) is 0 Å². The van der Waals surface area contributed by atoms with Gasteiger partial charge in [-0.05, 0) is 18.1 Å². The van der Waals surface area contributed by atoms with E-state index in [0.717, 1.165) is 16.7 Å². The number of nitrogens with zero attached hydrogens (tertiary/aromatic N) is 1. The molecule has 1 aromatic heterocycles. The average Bonchev–Trinajstić information content (AvgIpc) is 2.61. The monoisotopic (exact) mass is 182 g/mol. The number of aromatic amines is 1. The molecule has 0 saturated heterocycles. The summed E-state index contributed by atoms with van der Waals surface area (Å²) in [4.78, 5) is 2.96. The highest BCUT2D eigenvalue weighted by molar-refractivity contribution is 5.68. The Kier molecular flexibility index (Phi) is 2.08. The molecule has 2 aromatic rings. The summed E-state index contributed by atoms with van der Waals surface area (Å²) in [5, 5.41) is 8.80. The average molecular weight is 182 g/mol. The predicted molar refractivity (Wildman–Crippen MR) is 55.7 cm³/mol. The van der Waals surface area contributed by atoms with E-state index in [2.05, 4.69) is 11.1 Å². The van der Waals surface area contributed by atoms with Crippen molar-refractivity contribution in [2.75, 3.05) is 0 Å². The molecule has 0 saturated carbocycles. The number of nitrogens with one attached hydrogen (secondary N) is 1. The van der Waals surface area contributed by atoms with Crippen LogP contribution in [-0.2, 0) is 0 Å². The Balaban J connectivity index is 2.54. The second-order valence-electron chi connectivity index (χ2n) is 3.18. The number of hydrogen-bond donors (Lipinski definition) is 1. The highest BCUT2D eigenvalue weighted by atomic mass is 14.7. The topological polar surface area (TPSA) is 39.6 Å². The molecule has 2 heteroatoms. The molecule has 0 radical (unpaired) electrons. The second-order valence-corrected chi connectivity index (χ2v) is 3.18. The van der Waals surface area contributed by atoms with E-state index in [0.29, 0.717) is 5.69 Å². The zero-order valence-corrected chi connectivity index (χ0v) is 7.91. The van der Waals surface area contributed by atoms with Gasteiger partial charge in [-0.25, -0.2) is 0 Å². The summed E-state index contributed by atoms with van der Waals surface area (Å²) in [6.07, 6.45) is 1.88. The van der Waals surface area contributed by atoms with Crippen molar-refractivity contribution in [3.8, 4) is 17.2 Å². The third kappa shape index (κ3) is 1.29. The molecule has 0 fully saturated rings.